The molecule has 1 fully saturated rings. The Hall–Kier alpha value is -0.455. The van der Waals surface area contributed by atoms with Gasteiger partial charge in [0.15, 0.2) is 0 Å². The quantitative estimate of drug-likeness (QED) is 0.523. The first-order chi connectivity index (χ1) is 5.34. The van der Waals surface area contributed by atoms with Gasteiger partial charge in [0.05, 0.1) is 0 Å². The smallest absolute Gasteiger partial charge is 0.106 e. The Morgan fingerprint density at radius 3 is 2.64 bits per heavy atom. The Morgan fingerprint density at radius 2 is 2.18 bits per heavy atom. The minimum Gasteiger partial charge on any atom is -0.106 e. The standard InChI is InChI=1S/C10H15B/c11-10-5-4-9(7-10)6-8-2-1-3-8/h4-5,8H,1-3,6-7,11H2. The van der Waals surface area contributed by atoms with Gasteiger partial charge in [-0.15, -0.1) is 5.47 Å². The maximum atomic E-state index is 2.33. The Morgan fingerprint density at radius 1 is 1.36 bits per heavy atom. The van der Waals surface area contributed by atoms with E-state index in [1.165, 1.54) is 32.1 Å². The molecule has 58 valence electrons. The zero-order valence-electron chi connectivity index (χ0n) is 7.27. The van der Waals surface area contributed by atoms with E-state index in [9.17, 15) is 0 Å². The molecule has 0 nitrogen and oxygen atoms in total. The van der Waals surface area contributed by atoms with Crippen LogP contribution in [0.15, 0.2) is 23.2 Å². The predicted octanol–water partition coefficient (Wildman–Crippen LogP) is 2.02. The van der Waals surface area contributed by atoms with Gasteiger partial charge in [0.2, 0.25) is 0 Å². The molecule has 0 atom stereocenters. The Labute approximate surface area is 69.8 Å². The summed E-state index contributed by atoms with van der Waals surface area (Å²) in [4.78, 5) is 0. The minimum atomic E-state index is 1.04. The first kappa shape index (κ1) is 7.21. The highest BCUT2D eigenvalue weighted by Crippen LogP contribution is 2.34. The molecule has 0 unspecified atom stereocenters. The molecule has 0 spiro atoms. The number of allylic oxidation sites excluding steroid dienone is 4. The molecule has 0 N–H and O–H groups in total. The lowest BCUT2D eigenvalue weighted by Crippen LogP contribution is -2.11. The topological polar surface area (TPSA) is 0 Å². The van der Waals surface area contributed by atoms with Crippen molar-refractivity contribution in [1.29, 1.82) is 0 Å². The van der Waals surface area contributed by atoms with Crippen LogP contribution in [0.2, 0.25) is 0 Å². The highest BCUT2D eigenvalue weighted by Gasteiger charge is 2.19. The summed E-state index contributed by atoms with van der Waals surface area (Å²) in [6.45, 7) is 0. The van der Waals surface area contributed by atoms with Crippen molar-refractivity contribution in [1.82, 2.24) is 0 Å². The molecule has 0 saturated heterocycles. The zero-order chi connectivity index (χ0) is 7.68. The summed E-state index contributed by atoms with van der Waals surface area (Å²) in [5.74, 6) is 1.04. The van der Waals surface area contributed by atoms with E-state index in [0.717, 1.165) is 5.92 Å². The lowest BCUT2D eigenvalue weighted by Gasteiger charge is -2.25. The van der Waals surface area contributed by atoms with E-state index in [2.05, 4.69) is 20.0 Å². The fourth-order valence-electron chi connectivity index (χ4n) is 1.94. The monoisotopic (exact) mass is 146 g/mol. The fourth-order valence-corrected chi connectivity index (χ4v) is 1.94. The molecular weight excluding hydrogens is 131 g/mol. The molecule has 0 bridgehead atoms. The largest absolute Gasteiger partial charge is 0.134 e. The molecule has 0 heterocycles. The van der Waals surface area contributed by atoms with Crippen molar-refractivity contribution in [2.75, 3.05) is 0 Å². The molecule has 0 amide bonds. The molecule has 2 aliphatic carbocycles. The SMILES string of the molecule is BC1=CC=C(CC2CCC2)C1. The molecule has 0 aromatic carbocycles. The maximum Gasteiger partial charge on any atom is 0.134 e. The average Bonchev–Trinajstić information content (AvgIpc) is 2.27. The normalized spacial score (nSPS) is 24.4. The first-order valence-corrected chi connectivity index (χ1v) is 4.70. The Kier molecular flexibility index (Phi) is 1.89. The molecule has 1 heteroatoms. The van der Waals surface area contributed by atoms with Gasteiger partial charge in [-0.25, -0.2) is 0 Å². The predicted molar refractivity (Wildman–Crippen MR) is 51.3 cm³/mol. The van der Waals surface area contributed by atoms with E-state index in [-0.39, 0.29) is 0 Å². The van der Waals surface area contributed by atoms with E-state index in [0.29, 0.717) is 0 Å². The highest BCUT2D eigenvalue weighted by molar-refractivity contribution is 6.22. The number of rotatable bonds is 2. The Bertz CT molecular complexity index is 209. The van der Waals surface area contributed by atoms with Crippen LogP contribution >= 0.6 is 0 Å². The average molecular weight is 146 g/mol. The van der Waals surface area contributed by atoms with Crippen molar-refractivity contribution in [3.63, 3.8) is 0 Å². The third-order valence-electron chi connectivity index (χ3n) is 2.89. The molecule has 0 radical (unpaired) electrons. The van der Waals surface area contributed by atoms with Gasteiger partial charge in [-0.2, -0.15) is 0 Å². The van der Waals surface area contributed by atoms with Gasteiger partial charge >= 0.3 is 0 Å². The van der Waals surface area contributed by atoms with Gasteiger partial charge in [-0.3, -0.25) is 0 Å². The zero-order valence-corrected chi connectivity index (χ0v) is 7.27. The van der Waals surface area contributed by atoms with Crippen LogP contribution in [0, 0.1) is 5.92 Å². The lowest BCUT2D eigenvalue weighted by molar-refractivity contribution is 0.313. The summed E-state index contributed by atoms with van der Waals surface area (Å²) < 4.78 is 0. The molecule has 0 aliphatic heterocycles. The second kappa shape index (κ2) is 2.88. The summed E-state index contributed by atoms with van der Waals surface area (Å²) in [5.41, 5.74) is 3.21. The summed E-state index contributed by atoms with van der Waals surface area (Å²) in [7, 11) is 2.23. The van der Waals surface area contributed by atoms with Crippen molar-refractivity contribution in [3.05, 3.63) is 23.2 Å². The molecule has 2 aliphatic rings. The van der Waals surface area contributed by atoms with Crippen LogP contribution in [0.25, 0.3) is 0 Å². The van der Waals surface area contributed by atoms with E-state index >= 15 is 0 Å². The van der Waals surface area contributed by atoms with Gasteiger partial charge in [-0.05, 0) is 18.8 Å². The van der Waals surface area contributed by atoms with Gasteiger partial charge in [0, 0.05) is 0 Å². The van der Waals surface area contributed by atoms with Gasteiger partial charge in [-0.1, -0.05) is 37.0 Å². The van der Waals surface area contributed by atoms with Gasteiger partial charge in [0.1, 0.15) is 7.85 Å². The van der Waals surface area contributed by atoms with Crippen molar-refractivity contribution in [2.45, 2.75) is 32.1 Å². The van der Waals surface area contributed by atoms with E-state index in [1.54, 1.807) is 11.0 Å². The van der Waals surface area contributed by atoms with Crippen molar-refractivity contribution in [2.24, 2.45) is 5.92 Å². The molecule has 11 heavy (non-hydrogen) atoms. The minimum absolute atomic E-state index is 1.04. The molecule has 2 rings (SSSR count). The molecule has 0 aromatic rings. The third kappa shape index (κ3) is 1.58. The second-order valence-corrected chi connectivity index (χ2v) is 4.02. The second-order valence-electron chi connectivity index (χ2n) is 4.02. The number of hydrogen-bond donors (Lipinski definition) is 0. The first-order valence-electron chi connectivity index (χ1n) is 4.70. The third-order valence-corrected chi connectivity index (χ3v) is 2.89. The molecule has 0 aromatic heterocycles. The van der Waals surface area contributed by atoms with Crippen LogP contribution in [0.1, 0.15) is 32.1 Å². The van der Waals surface area contributed by atoms with Crippen LogP contribution in [-0.4, -0.2) is 7.85 Å². The van der Waals surface area contributed by atoms with Crippen LogP contribution in [0.3, 0.4) is 0 Å². The fraction of sp³-hybridized carbons (Fsp3) is 0.600. The Balaban J connectivity index is 1.80. The van der Waals surface area contributed by atoms with Gasteiger partial charge in [0.25, 0.3) is 0 Å². The van der Waals surface area contributed by atoms with Crippen molar-refractivity contribution >= 4 is 7.85 Å². The summed E-state index contributed by atoms with van der Waals surface area (Å²) >= 11 is 0. The molecular formula is C10H15B. The highest BCUT2D eigenvalue weighted by atomic mass is 14.2. The van der Waals surface area contributed by atoms with Crippen molar-refractivity contribution < 1.29 is 0 Å². The summed E-state index contributed by atoms with van der Waals surface area (Å²) in [6.07, 6.45) is 11.7. The van der Waals surface area contributed by atoms with Crippen LogP contribution < -0.4 is 0 Å². The summed E-state index contributed by atoms with van der Waals surface area (Å²) in [5, 5.41) is 0. The van der Waals surface area contributed by atoms with Crippen LogP contribution in [0.4, 0.5) is 0 Å². The van der Waals surface area contributed by atoms with E-state index < -0.39 is 0 Å². The number of hydrogen-bond acceptors (Lipinski definition) is 0. The van der Waals surface area contributed by atoms with Gasteiger partial charge < -0.3 is 0 Å². The van der Waals surface area contributed by atoms with Crippen molar-refractivity contribution in [3.8, 4) is 0 Å². The lowest BCUT2D eigenvalue weighted by atomic mass is 9.79. The van der Waals surface area contributed by atoms with E-state index in [1.807, 2.05) is 0 Å². The van der Waals surface area contributed by atoms with E-state index in [4.69, 9.17) is 0 Å². The van der Waals surface area contributed by atoms with Crippen LogP contribution in [-0.2, 0) is 0 Å². The maximum absolute atomic E-state index is 2.33. The molecule has 1 saturated carbocycles. The summed E-state index contributed by atoms with van der Waals surface area (Å²) in [6, 6.07) is 0. The van der Waals surface area contributed by atoms with Crippen LogP contribution in [0.5, 0.6) is 0 Å².